The second-order valence-corrected chi connectivity index (χ2v) is 2.67. The lowest BCUT2D eigenvalue weighted by molar-refractivity contribution is 0.869. The van der Waals surface area contributed by atoms with E-state index in [2.05, 4.69) is 23.4 Å². The van der Waals surface area contributed by atoms with E-state index in [9.17, 15) is 0 Å². The van der Waals surface area contributed by atoms with Crippen LogP contribution in [0, 0.1) is 6.54 Å². The van der Waals surface area contributed by atoms with Crippen molar-refractivity contribution in [3.63, 3.8) is 0 Å². The number of hydrogen-bond acceptors (Lipinski definition) is 3. The van der Waals surface area contributed by atoms with Gasteiger partial charge >= 0.3 is 0 Å². The van der Waals surface area contributed by atoms with E-state index < -0.39 is 0 Å². The zero-order valence-electron chi connectivity index (χ0n) is 6.57. The molecule has 2 rings (SSSR count). The highest BCUT2D eigenvalue weighted by Gasteiger charge is 2.25. The normalized spacial score (nSPS) is 22.0. The molecule has 0 spiro atoms. The van der Waals surface area contributed by atoms with Crippen molar-refractivity contribution in [3.05, 3.63) is 24.6 Å². The number of rotatable bonds is 0. The minimum atomic E-state index is 0.281. The van der Waals surface area contributed by atoms with E-state index in [0.717, 1.165) is 11.5 Å². The van der Waals surface area contributed by atoms with Gasteiger partial charge in [-0.15, -0.1) is 0 Å². The van der Waals surface area contributed by atoms with Gasteiger partial charge < -0.3 is 4.90 Å². The van der Waals surface area contributed by atoms with Gasteiger partial charge in [-0.25, -0.2) is 4.98 Å². The molecule has 3 heteroatoms. The molecule has 0 bridgehead atoms. The molecule has 0 aliphatic carbocycles. The second kappa shape index (κ2) is 2.19. The molecule has 2 radical (unpaired) electrons. The number of fused-ring (bicyclic) bond motifs is 1. The van der Waals surface area contributed by atoms with Crippen LogP contribution in [0.4, 0.5) is 5.82 Å². The molecule has 1 aliphatic rings. The van der Waals surface area contributed by atoms with Crippen molar-refractivity contribution in [1.29, 1.82) is 0 Å². The summed E-state index contributed by atoms with van der Waals surface area (Å²) in [6.45, 7) is 5.26. The van der Waals surface area contributed by atoms with Gasteiger partial charge in [-0.05, 0) is 0 Å². The molecule has 3 nitrogen and oxygen atoms in total. The van der Waals surface area contributed by atoms with Crippen LogP contribution in [0.3, 0.4) is 0 Å². The van der Waals surface area contributed by atoms with Crippen LogP contribution in [-0.2, 0) is 0 Å². The Morgan fingerprint density at radius 3 is 2.91 bits per heavy atom. The maximum absolute atomic E-state index is 4.22. The third kappa shape index (κ3) is 0.878. The molecule has 1 aromatic heterocycles. The maximum atomic E-state index is 4.22. The Morgan fingerprint density at radius 1 is 1.45 bits per heavy atom. The van der Waals surface area contributed by atoms with Crippen LogP contribution in [0.5, 0.6) is 0 Å². The molecule has 56 valence electrons. The lowest BCUT2D eigenvalue weighted by Gasteiger charge is -2.06. The maximum Gasteiger partial charge on any atom is 0.151 e. The van der Waals surface area contributed by atoms with Gasteiger partial charge in [-0.2, -0.15) is 0 Å². The molecule has 0 amide bonds. The van der Waals surface area contributed by atoms with Crippen LogP contribution in [0.25, 0.3) is 0 Å². The van der Waals surface area contributed by atoms with E-state index in [1.807, 2.05) is 11.9 Å². The molecule has 1 aliphatic heterocycles. The summed E-state index contributed by atoms with van der Waals surface area (Å²) in [5.41, 5.74) is 1.02. The zero-order chi connectivity index (χ0) is 7.84. The highest BCUT2D eigenvalue weighted by atomic mass is 15.2. The Bertz CT molecular complexity index is 245. The first-order valence-corrected chi connectivity index (χ1v) is 3.60. The van der Waals surface area contributed by atoms with E-state index in [1.165, 1.54) is 0 Å². The first-order valence-electron chi connectivity index (χ1n) is 3.60. The topological polar surface area (TPSA) is 29.0 Å². The van der Waals surface area contributed by atoms with E-state index in [-0.39, 0.29) is 5.92 Å². The highest BCUT2D eigenvalue weighted by molar-refractivity contribution is 5.53. The predicted molar refractivity (Wildman–Crippen MR) is 42.1 cm³/mol. The average Bonchev–Trinajstić information content (AvgIpc) is 2.30. The molecular weight excluding hydrogens is 138 g/mol. The van der Waals surface area contributed by atoms with E-state index in [0.29, 0.717) is 0 Å². The van der Waals surface area contributed by atoms with Crippen LogP contribution in [-0.4, -0.2) is 17.0 Å². The number of aromatic nitrogens is 2. The summed E-state index contributed by atoms with van der Waals surface area (Å²) in [6, 6.07) is 0. The third-order valence-corrected chi connectivity index (χ3v) is 1.82. The monoisotopic (exact) mass is 147 g/mol. The molecule has 0 N–H and O–H groups in total. The van der Waals surface area contributed by atoms with Gasteiger partial charge in [0.05, 0.1) is 5.69 Å². The summed E-state index contributed by atoms with van der Waals surface area (Å²) < 4.78 is 0. The number of hydrogen-bond donors (Lipinski definition) is 0. The van der Waals surface area contributed by atoms with Crippen molar-refractivity contribution < 1.29 is 0 Å². The fourth-order valence-corrected chi connectivity index (χ4v) is 1.32. The fraction of sp³-hybridized carbons (Fsp3) is 0.375. The van der Waals surface area contributed by atoms with Crippen molar-refractivity contribution in [2.45, 2.75) is 12.8 Å². The van der Waals surface area contributed by atoms with E-state index >= 15 is 0 Å². The molecule has 0 aromatic carbocycles. The summed E-state index contributed by atoms with van der Waals surface area (Å²) in [7, 11) is 1.94. The number of anilines is 1. The van der Waals surface area contributed by atoms with Crippen molar-refractivity contribution >= 4 is 5.82 Å². The number of likely N-dealkylation sites (N-methyl/N-ethyl adjacent to an activating group) is 1. The summed E-state index contributed by atoms with van der Waals surface area (Å²) in [6.07, 6.45) is 3.42. The van der Waals surface area contributed by atoms with Gasteiger partial charge in [0.2, 0.25) is 0 Å². The smallest absolute Gasteiger partial charge is 0.151 e. The van der Waals surface area contributed by atoms with Crippen molar-refractivity contribution in [2.75, 3.05) is 11.9 Å². The minimum Gasteiger partial charge on any atom is -0.347 e. The minimum absolute atomic E-state index is 0.281. The first-order chi connectivity index (χ1) is 5.29. The second-order valence-electron chi connectivity index (χ2n) is 2.67. The summed E-state index contributed by atoms with van der Waals surface area (Å²) >= 11 is 0. The van der Waals surface area contributed by atoms with Gasteiger partial charge in [0.15, 0.2) is 5.82 Å². The molecule has 0 fully saturated rings. The number of nitrogens with zero attached hydrogens (tertiary/aromatic N) is 3. The SMILES string of the molecule is CC1[C]N(C)c2nccnc21. The fourth-order valence-electron chi connectivity index (χ4n) is 1.32. The van der Waals surface area contributed by atoms with Crippen LogP contribution >= 0.6 is 0 Å². The Morgan fingerprint density at radius 2 is 2.18 bits per heavy atom. The van der Waals surface area contributed by atoms with Crippen molar-refractivity contribution in [2.24, 2.45) is 0 Å². The van der Waals surface area contributed by atoms with Gasteiger partial charge in [-0.3, -0.25) is 4.98 Å². The van der Waals surface area contributed by atoms with Crippen LogP contribution in [0.15, 0.2) is 12.4 Å². The van der Waals surface area contributed by atoms with Crippen LogP contribution < -0.4 is 4.90 Å². The largest absolute Gasteiger partial charge is 0.347 e. The van der Waals surface area contributed by atoms with Crippen LogP contribution in [0.2, 0.25) is 0 Å². The Hall–Kier alpha value is -1.12. The Balaban J connectivity index is 2.52. The molecule has 2 heterocycles. The molecule has 1 atom stereocenters. The van der Waals surface area contributed by atoms with Gasteiger partial charge in [0.1, 0.15) is 6.54 Å². The van der Waals surface area contributed by atoms with E-state index in [4.69, 9.17) is 0 Å². The molecule has 1 aromatic rings. The first kappa shape index (κ1) is 6.58. The quantitative estimate of drug-likeness (QED) is 0.549. The third-order valence-electron chi connectivity index (χ3n) is 1.82. The molecule has 11 heavy (non-hydrogen) atoms. The van der Waals surface area contributed by atoms with Gasteiger partial charge in [0.25, 0.3) is 0 Å². The van der Waals surface area contributed by atoms with E-state index in [1.54, 1.807) is 12.4 Å². The predicted octanol–water partition coefficient (Wildman–Crippen LogP) is 1.07. The van der Waals surface area contributed by atoms with Crippen molar-refractivity contribution in [1.82, 2.24) is 9.97 Å². The van der Waals surface area contributed by atoms with Gasteiger partial charge in [0, 0.05) is 25.4 Å². The Kier molecular flexibility index (Phi) is 1.31. The summed E-state index contributed by atoms with van der Waals surface area (Å²) in [4.78, 5) is 10.3. The van der Waals surface area contributed by atoms with Crippen LogP contribution in [0.1, 0.15) is 18.5 Å². The zero-order valence-corrected chi connectivity index (χ0v) is 6.57. The summed E-state index contributed by atoms with van der Waals surface area (Å²) in [5.74, 6) is 1.21. The highest BCUT2D eigenvalue weighted by Crippen LogP contribution is 2.33. The average molecular weight is 147 g/mol. The summed E-state index contributed by atoms with van der Waals surface area (Å²) in [5, 5.41) is 0. The Labute approximate surface area is 66.1 Å². The molecule has 0 saturated heterocycles. The van der Waals surface area contributed by atoms with Gasteiger partial charge in [-0.1, -0.05) is 6.92 Å². The molecule has 0 saturated carbocycles. The molecule has 1 unspecified atom stereocenters. The molecular formula is C8H9N3. The standard InChI is InChI=1S/C8H9N3/c1-6-5-11(2)8-7(6)9-3-4-10-8/h3-4,6H,1-2H3. The van der Waals surface area contributed by atoms with Crippen molar-refractivity contribution in [3.8, 4) is 0 Å². The lowest BCUT2D eigenvalue weighted by atomic mass is 10.1. The lowest BCUT2D eigenvalue weighted by Crippen LogP contribution is -2.09.